The van der Waals surface area contributed by atoms with Gasteiger partial charge < -0.3 is 64.2 Å². The molecule has 11 atom stereocenters. The van der Waals surface area contributed by atoms with Crippen LogP contribution in [0.5, 0.6) is 0 Å². The van der Waals surface area contributed by atoms with Crippen LogP contribution in [0.4, 0.5) is 0 Å². The van der Waals surface area contributed by atoms with Crippen LogP contribution in [-0.2, 0) is 38.0 Å². The van der Waals surface area contributed by atoms with E-state index in [1.54, 1.807) is 0 Å². The lowest BCUT2D eigenvalue weighted by Gasteiger charge is -2.42. The normalized spacial score (nSPS) is 25.9. The van der Waals surface area contributed by atoms with E-state index in [1.165, 1.54) is 44.9 Å². The fraction of sp³-hybridized carbons (Fsp3) is 0.815. The highest BCUT2D eigenvalue weighted by Crippen LogP contribution is 2.26. The smallest absolute Gasteiger partial charge is 0.306 e. The van der Waals surface area contributed by atoms with Crippen molar-refractivity contribution in [2.75, 3.05) is 26.4 Å². The van der Waals surface area contributed by atoms with Crippen molar-refractivity contribution in [2.24, 2.45) is 0 Å². The standard InChI is InChI=1S/C54H94O15/c1-3-5-7-9-11-13-15-17-19-21-23-25-27-29-31-33-35-37-46(57)67-42(39-64-45(56)36-34-32-30-28-26-24-22-20-18-16-14-12-10-8-6-4-2)40-65-53-52(63)50(61)48(59)44(69-53)41-66-54-51(62)49(60)47(58)43(38-55)68-54/h11,13-14,16-17,19-20,22,42-44,47-55,58-63H,3-10,12,15,18,21,23-41H2,1-2H3/b13-11-,16-14-,19-17-,22-20-. The minimum atomic E-state index is -1.77. The average Bonchev–Trinajstić information content (AvgIpc) is 3.34. The Balaban J connectivity index is 1.81. The number of hydrogen-bond acceptors (Lipinski definition) is 15. The van der Waals surface area contributed by atoms with Gasteiger partial charge in [0.15, 0.2) is 18.7 Å². The summed E-state index contributed by atoms with van der Waals surface area (Å²) < 4.78 is 33.6. The van der Waals surface area contributed by atoms with Gasteiger partial charge in [0.2, 0.25) is 0 Å². The number of aliphatic hydroxyl groups excluding tert-OH is 7. The molecule has 0 aromatic carbocycles. The van der Waals surface area contributed by atoms with Crippen LogP contribution in [0.3, 0.4) is 0 Å². The highest BCUT2D eigenvalue weighted by Gasteiger charge is 2.47. The number of esters is 2. The first-order valence-electron chi connectivity index (χ1n) is 26.7. The van der Waals surface area contributed by atoms with E-state index in [9.17, 15) is 45.3 Å². The van der Waals surface area contributed by atoms with Crippen LogP contribution >= 0.6 is 0 Å². The highest BCUT2D eigenvalue weighted by atomic mass is 16.7. The summed E-state index contributed by atoms with van der Waals surface area (Å²) in [6, 6.07) is 0. The molecule has 0 aromatic heterocycles. The number of hydrogen-bond donors (Lipinski definition) is 7. The number of unbranched alkanes of at least 4 members (excludes halogenated alkanes) is 19. The van der Waals surface area contributed by atoms with Crippen LogP contribution in [0, 0.1) is 0 Å². The van der Waals surface area contributed by atoms with Gasteiger partial charge in [-0.05, 0) is 77.0 Å². The first-order chi connectivity index (χ1) is 33.5. The van der Waals surface area contributed by atoms with Crippen LogP contribution in [0.1, 0.15) is 187 Å². The third kappa shape index (κ3) is 28.9. The lowest BCUT2D eigenvalue weighted by molar-refractivity contribution is -0.332. The van der Waals surface area contributed by atoms with Gasteiger partial charge in [-0.25, -0.2) is 0 Å². The van der Waals surface area contributed by atoms with Crippen molar-refractivity contribution < 1.29 is 73.8 Å². The third-order valence-corrected chi connectivity index (χ3v) is 12.5. The van der Waals surface area contributed by atoms with Crippen molar-refractivity contribution in [3.05, 3.63) is 48.6 Å². The summed E-state index contributed by atoms with van der Waals surface area (Å²) in [6.07, 6.45) is 28.4. The zero-order chi connectivity index (χ0) is 50.3. The number of carbonyl (C=O) groups excluding carboxylic acids is 2. The van der Waals surface area contributed by atoms with E-state index in [-0.39, 0.29) is 19.4 Å². The zero-order valence-corrected chi connectivity index (χ0v) is 42.3. The van der Waals surface area contributed by atoms with Crippen molar-refractivity contribution in [1.29, 1.82) is 0 Å². The van der Waals surface area contributed by atoms with E-state index in [2.05, 4.69) is 62.5 Å². The molecule has 2 saturated heterocycles. The summed E-state index contributed by atoms with van der Waals surface area (Å²) in [6.45, 7) is 2.53. The maximum atomic E-state index is 13.0. The zero-order valence-electron chi connectivity index (χ0n) is 42.3. The second-order valence-corrected chi connectivity index (χ2v) is 18.7. The Morgan fingerprint density at radius 1 is 0.464 bits per heavy atom. The van der Waals surface area contributed by atoms with Gasteiger partial charge in [-0.1, -0.05) is 146 Å². The van der Waals surface area contributed by atoms with Gasteiger partial charge in [-0.15, -0.1) is 0 Å². The lowest BCUT2D eigenvalue weighted by Crippen LogP contribution is -2.61. The van der Waals surface area contributed by atoms with Crippen LogP contribution in [-0.4, -0.2) is 142 Å². The molecule has 2 rings (SSSR count). The first kappa shape index (κ1) is 62.6. The second kappa shape index (κ2) is 41.0. The number of aliphatic hydroxyl groups is 7. The molecule has 2 fully saturated rings. The molecular formula is C54H94O15. The molecule has 11 unspecified atom stereocenters. The van der Waals surface area contributed by atoms with E-state index in [0.29, 0.717) is 12.8 Å². The Morgan fingerprint density at radius 3 is 1.38 bits per heavy atom. The minimum absolute atomic E-state index is 0.152. The predicted octanol–water partition coefficient (Wildman–Crippen LogP) is 7.88. The summed E-state index contributed by atoms with van der Waals surface area (Å²) in [4.78, 5) is 25.8. The molecule has 0 amide bonds. The molecule has 2 aliphatic heterocycles. The van der Waals surface area contributed by atoms with Gasteiger partial charge >= 0.3 is 11.9 Å². The number of carbonyl (C=O) groups is 2. The summed E-state index contributed by atoms with van der Waals surface area (Å²) in [7, 11) is 0. The van der Waals surface area contributed by atoms with E-state index in [4.69, 9.17) is 28.4 Å². The molecule has 2 heterocycles. The lowest BCUT2D eigenvalue weighted by atomic mass is 9.98. The molecular weight excluding hydrogens is 889 g/mol. The van der Waals surface area contributed by atoms with Gasteiger partial charge in [0.1, 0.15) is 55.4 Å². The maximum absolute atomic E-state index is 13.0. The molecule has 400 valence electrons. The molecule has 0 spiro atoms. The third-order valence-electron chi connectivity index (χ3n) is 12.5. The van der Waals surface area contributed by atoms with Crippen LogP contribution in [0.25, 0.3) is 0 Å². The Morgan fingerprint density at radius 2 is 0.870 bits per heavy atom. The molecule has 2 aliphatic rings. The second-order valence-electron chi connectivity index (χ2n) is 18.7. The molecule has 15 heteroatoms. The molecule has 7 N–H and O–H groups in total. The van der Waals surface area contributed by atoms with Crippen molar-refractivity contribution in [1.82, 2.24) is 0 Å². The Labute approximate surface area is 414 Å². The summed E-state index contributed by atoms with van der Waals surface area (Å²) in [5.41, 5.74) is 0. The number of rotatable bonds is 41. The van der Waals surface area contributed by atoms with E-state index in [1.807, 2.05) is 0 Å². The largest absolute Gasteiger partial charge is 0.462 e. The molecule has 0 saturated carbocycles. The van der Waals surface area contributed by atoms with Crippen molar-refractivity contribution >= 4 is 11.9 Å². The van der Waals surface area contributed by atoms with Crippen molar-refractivity contribution in [3.8, 4) is 0 Å². The van der Waals surface area contributed by atoms with Gasteiger partial charge in [-0.3, -0.25) is 9.59 Å². The van der Waals surface area contributed by atoms with Gasteiger partial charge in [0.05, 0.1) is 19.8 Å². The van der Waals surface area contributed by atoms with Crippen LogP contribution in [0.15, 0.2) is 48.6 Å². The summed E-state index contributed by atoms with van der Waals surface area (Å²) >= 11 is 0. The van der Waals surface area contributed by atoms with E-state index >= 15 is 0 Å². The molecule has 15 nitrogen and oxygen atoms in total. The Kier molecular flexibility index (Phi) is 37.2. The molecule has 0 radical (unpaired) electrons. The van der Waals surface area contributed by atoms with Crippen LogP contribution in [0.2, 0.25) is 0 Å². The van der Waals surface area contributed by atoms with Gasteiger partial charge in [0, 0.05) is 12.8 Å². The molecule has 0 aliphatic carbocycles. The Hall–Kier alpha value is -2.54. The first-order valence-corrected chi connectivity index (χ1v) is 26.7. The topological polar surface area (TPSA) is 231 Å². The monoisotopic (exact) mass is 983 g/mol. The number of ether oxygens (including phenoxy) is 6. The average molecular weight is 983 g/mol. The summed E-state index contributed by atoms with van der Waals surface area (Å²) in [5.74, 6) is -0.950. The fourth-order valence-electron chi connectivity index (χ4n) is 8.10. The SMILES string of the molecule is CCCCC/C=C\C/C=C\CCCCCCCCCC(=O)OC(COC(=O)CCCCCCC/C=C\C/C=C\CCCCCC)COC1OC(COC2OC(CO)C(O)C(O)C2O)C(O)C(O)C1O. The van der Waals surface area contributed by atoms with E-state index < -0.39 is 99.3 Å². The Bertz CT molecular complexity index is 1390. The minimum Gasteiger partial charge on any atom is -0.462 e. The van der Waals surface area contributed by atoms with Gasteiger partial charge in [-0.2, -0.15) is 0 Å². The van der Waals surface area contributed by atoms with Crippen molar-refractivity contribution in [2.45, 2.75) is 255 Å². The number of allylic oxidation sites excluding steroid dienone is 8. The van der Waals surface area contributed by atoms with E-state index in [0.717, 1.165) is 103 Å². The molecule has 0 bridgehead atoms. The quantitative estimate of drug-likeness (QED) is 0.0176. The predicted molar refractivity (Wildman–Crippen MR) is 266 cm³/mol. The maximum Gasteiger partial charge on any atom is 0.306 e. The van der Waals surface area contributed by atoms with Crippen LogP contribution < -0.4 is 0 Å². The van der Waals surface area contributed by atoms with Crippen molar-refractivity contribution in [3.63, 3.8) is 0 Å². The highest BCUT2D eigenvalue weighted by molar-refractivity contribution is 5.70. The fourth-order valence-corrected chi connectivity index (χ4v) is 8.10. The molecule has 0 aromatic rings. The van der Waals surface area contributed by atoms with Gasteiger partial charge in [0.25, 0.3) is 0 Å². The molecule has 69 heavy (non-hydrogen) atoms. The summed E-state index contributed by atoms with van der Waals surface area (Å²) in [5, 5.41) is 72.1.